The third-order valence-electron chi connectivity index (χ3n) is 9.82. The summed E-state index contributed by atoms with van der Waals surface area (Å²) in [5, 5.41) is 14.8. The Morgan fingerprint density at radius 2 is 0.792 bits per heavy atom. The van der Waals surface area contributed by atoms with E-state index in [4.69, 9.17) is 9.97 Å². The molecule has 0 saturated carbocycles. The first kappa shape index (κ1) is 26.8. The van der Waals surface area contributed by atoms with Gasteiger partial charge in [0.1, 0.15) is 0 Å². The molecule has 0 spiro atoms. The van der Waals surface area contributed by atoms with Crippen molar-refractivity contribution in [3.63, 3.8) is 0 Å². The van der Waals surface area contributed by atoms with E-state index in [0.717, 1.165) is 33.9 Å². The van der Waals surface area contributed by atoms with Crippen LogP contribution in [0, 0.1) is 0 Å². The highest BCUT2D eigenvalue weighted by atomic mass is 14.9. The van der Waals surface area contributed by atoms with Gasteiger partial charge in [0.2, 0.25) is 0 Å². The second kappa shape index (κ2) is 10.6. The van der Waals surface area contributed by atoms with Crippen LogP contribution in [-0.4, -0.2) is 9.97 Å². The molecule has 0 bridgehead atoms. The van der Waals surface area contributed by atoms with Gasteiger partial charge in [0, 0.05) is 16.7 Å². The summed E-state index contributed by atoms with van der Waals surface area (Å²) in [7, 11) is 0. The molecule has 2 heteroatoms. The van der Waals surface area contributed by atoms with Gasteiger partial charge in [0.25, 0.3) is 0 Å². The molecule has 0 radical (unpaired) electrons. The van der Waals surface area contributed by atoms with Crippen molar-refractivity contribution in [3.8, 4) is 33.9 Å². The average molecular weight is 609 g/mol. The van der Waals surface area contributed by atoms with Crippen molar-refractivity contribution in [2.75, 3.05) is 0 Å². The zero-order chi connectivity index (χ0) is 31.6. The number of hydrogen-bond acceptors (Lipinski definition) is 2. The molecule has 0 aliphatic carbocycles. The van der Waals surface area contributed by atoms with Gasteiger partial charge in [-0.3, -0.25) is 0 Å². The molecule has 1 heterocycles. The minimum Gasteiger partial charge on any atom is -0.228 e. The molecule has 10 rings (SSSR count). The highest BCUT2D eigenvalue weighted by molar-refractivity contribution is 6.20. The van der Waals surface area contributed by atoms with E-state index >= 15 is 0 Å². The van der Waals surface area contributed by atoms with Crippen LogP contribution in [0.3, 0.4) is 0 Å². The highest BCUT2D eigenvalue weighted by Crippen LogP contribution is 2.41. The lowest BCUT2D eigenvalue weighted by atomic mass is 9.91. The third-order valence-corrected chi connectivity index (χ3v) is 9.82. The normalized spacial score (nSPS) is 11.8. The summed E-state index contributed by atoms with van der Waals surface area (Å²) >= 11 is 0. The molecule has 2 nitrogen and oxygen atoms in total. The summed E-state index contributed by atoms with van der Waals surface area (Å²) < 4.78 is 0. The fourth-order valence-corrected chi connectivity index (χ4v) is 7.52. The van der Waals surface area contributed by atoms with Crippen molar-refractivity contribution in [2.45, 2.75) is 0 Å². The van der Waals surface area contributed by atoms with Gasteiger partial charge in [-0.25, -0.2) is 9.97 Å². The maximum atomic E-state index is 5.30. The Kier molecular flexibility index (Phi) is 5.91. The molecule has 222 valence electrons. The van der Waals surface area contributed by atoms with Gasteiger partial charge in [-0.15, -0.1) is 0 Å². The molecule has 0 atom stereocenters. The van der Waals surface area contributed by atoms with Crippen molar-refractivity contribution in [1.82, 2.24) is 9.97 Å². The average Bonchev–Trinajstić information content (AvgIpc) is 3.16. The van der Waals surface area contributed by atoms with Crippen LogP contribution in [0.1, 0.15) is 0 Å². The first-order valence-corrected chi connectivity index (χ1v) is 16.4. The molecule has 0 unspecified atom stereocenters. The van der Waals surface area contributed by atoms with Crippen molar-refractivity contribution in [2.24, 2.45) is 0 Å². The smallest absolute Gasteiger partial charge is 0.160 e. The molecule has 1 aromatic heterocycles. The van der Waals surface area contributed by atoms with E-state index in [1.54, 1.807) is 0 Å². The number of rotatable bonds is 3. The van der Waals surface area contributed by atoms with Gasteiger partial charge in [0.15, 0.2) is 5.82 Å². The quantitative estimate of drug-likeness (QED) is 0.147. The Hall–Kier alpha value is -6.38. The number of benzene rings is 9. The SMILES string of the molecule is c1ccc(-c2nc(-c3ccc4c(ccc5c6ccccc6ccc45)c3)cc(-c3c4ccccc4cc4c3ccc3ccccc34)n2)cc1. The third kappa shape index (κ3) is 4.20. The molecule has 48 heavy (non-hydrogen) atoms. The summed E-state index contributed by atoms with van der Waals surface area (Å²) in [6.45, 7) is 0. The maximum Gasteiger partial charge on any atom is 0.160 e. The lowest BCUT2D eigenvalue weighted by molar-refractivity contribution is 1.19. The lowest BCUT2D eigenvalue weighted by Gasteiger charge is -2.15. The van der Waals surface area contributed by atoms with E-state index in [9.17, 15) is 0 Å². The summed E-state index contributed by atoms with van der Waals surface area (Å²) in [4.78, 5) is 10.5. The van der Waals surface area contributed by atoms with Crippen LogP contribution >= 0.6 is 0 Å². The standard InChI is InChI=1S/C46H28N2/c1-2-12-31(13-3-1)46-47-43(34-21-22-37-33(26-34)20-24-39-35-15-7-4-10-29(35)18-23-40(37)39)28-44(48-46)45-38-17-9-6-14-32(38)27-42-36-16-8-5-11-30(36)19-25-41(42)45/h1-28H. The van der Waals surface area contributed by atoms with E-state index in [-0.39, 0.29) is 0 Å². The molecule has 9 aromatic carbocycles. The number of hydrogen-bond donors (Lipinski definition) is 0. The number of fused-ring (bicyclic) bond motifs is 9. The summed E-state index contributed by atoms with van der Waals surface area (Å²) in [5.41, 5.74) is 5.02. The molecule has 0 aliphatic rings. The van der Waals surface area contributed by atoms with Gasteiger partial charge in [-0.05, 0) is 82.8 Å². The monoisotopic (exact) mass is 608 g/mol. The molecular formula is C46H28N2. The minimum atomic E-state index is 0.718. The first-order valence-electron chi connectivity index (χ1n) is 16.4. The topological polar surface area (TPSA) is 25.8 Å². The fourth-order valence-electron chi connectivity index (χ4n) is 7.52. The first-order chi connectivity index (χ1) is 23.8. The molecule has 0 aliphatic heterocycles. The van der Waals surface area contributed by atoms with Gasteiger partial charge in [-0.2, -0.15) is 0 Å². The Morgan fingerprint density at radius 3 is 1.54 bits per heavy atom. The molecule has 0 amide bonds. The second-order valence-corrected chi connectivity index (χ2v) is 12.6. The fraction of sp³-hybridized carbons (Fsp3) is 0. The van der Waals surface area contributed by atoms with Gasteiger partial charge in [-0.1, -0.05) is 152 Å². The second-order valence-electron chi connectivity index (χ2n) is 12.6. The summed E-state index contributed by atoms with van der Waals surface area (Å²) in [6.07, 6.45) is 0. The van der Waals surface area contributed by atoms with Crippen LogP contribution in [0.15, 0.2) is 170 Å². The van der Waals surface area contributed by atoms with Crippen LogP contribution in [0.2, 0.25) is 0 Å². The zero-order valence-corrected chi connectivity index (χ0v) is 26.1. The Balaban J connectivity index is 1.24. The van der Waals surface area contributed by atoms with Crippen LogP contribution in [0.5, 0.6) is 0 Å². The minimum absolute atomic E-state index is 0.718. The molecule has 0 N–H and O–H groups in total. The van der Waals surface area contributed by atoms with Gasteiger partial charge in [0.05, 0.1) is 11.4 Å². The molecular weight excluding hydrogens is 581 g/mol. The Labute approximate surface area is 277 Å². The molecule has 0 fully saturated rings. The van der Waals surface area contributed by atoms with Crippen molar-refractivity contribution >= 4 is 64.6 Å². The van der Waals surface area contributed by atoms with Crippen molar-refractivity contribution < 1.29 is 0 Å². The predicted molar refractivity (Wildman–Crippen MR) is 203 cm³/mol. The van der Waals surface area contributed by atoms with E-state index in [2.05, 4.69) is 164 Å². The van der Waals surface area contributed by atoms with Crippen LogP contribution in [0.4, 0.5) is 0 Å². The van der Waals surface area contributed by atoms with E-state index in [1.165, 1.54) is 64.6 Å². The van der Waals surface area contributed by atoms with Crippen molar-refractivity contribution in [1.29, 1.82) is 0 Å². The van der Waals surface area contributed by atoms with Crippen LogP contribution in [0.25, 0.3) is 98.5 Å². The lowest BCUT2D eigenvalue weighted by Crippen LogP contribution is -1.97. The van der Waals surface area contributed by atoms with E-state index in [1.807, 2.05) is 6.07 Å². The Morgan fingerprint density at radius 1 is 0.271 bits per heavy atom. The van der Waals surface area contributed by atoms with E-state index in [0.29, 0.717) is 0 Å². The highest BCUT2D eigenvalue weighted by Gasteiger charge is 2.17. The van der Waals surface area contributed by atoms with Gasteiger partial charge >= 0.3 is 0 Å². The molecule has 0 saturated heterocycles. The zero-order valence-electron chi connectivity index (χ0n) is 26.1. The number of nitrogens with zero attached hydrogens (tertiary/aromatic N) is 2. The summed E-state index contributed by atoms with van der Waals surface area (Å²) in [6, 6.07) is 61.0. The predicted octanol–water partition coefficient (Wildman–Crippen LogP) is 12.4. The number of aromatic nitrogens is 2. The maximum absolute atomic E-state index is 5.30. The summed E-state index contributed by atoms with van der Waals surface area (Å²) in [5.74, 6) is 0.718. The molecule has 10 aromatic rings. The van der Waals surface area contributed by atoms with Crippen LogP contribution in [-0.2, 0) is 0 Å². The van der Waals surface area contributed by atoms with E-state index < -0.39 is 0 Å². The van der Waals surface area contributed by atoms with Crippen LogP contribution < -0.4 is 0 Å². The largest absolute Gasteiger partial charge is 0.228 e. The Bertz CT molecular complexity index is 2890. The van der Waals surface area contributed by atoms with Crippen molar-refractivity contribution in [3.05, 3.63) is 170 Å². The van der Waals surface area contributed by atoms with Gasteiger partial charge < -0.3 is 0 Å².